The molecule has 1 nitrogen and oxygen atoms in total. The number of aryl methyl sites for hydroxylation is 2. The molecule has 0 fully saturated rings. The summed E-state index contributed by atoms with van der Waals surface area (Å²) in [6.45, 7) is 3.77. The summed E-state index contributed by atoms with van der Waals surface area (Å²) in [6.07, 6.45) is -1.18. The van der Waals surface area contributed by atoms with Gasteiger partial charge >= 0.3 is 0 Å². The average Bonchev–Trinajstić information content (AvgIpc) is 2.38. The third-order valence-corrected chi connectivity index (χ3v) is 4.30. The van der Waals surface area contributed by atoms with Gasteiger partial charge in [-0.2, -0.15) is 0 Å². The maximum Gasteiger partial charge on any atom is 0.164 e. The van der Waals surface area contributed by atoms with Gasteiger partial charge in [0.1, 0.15) is 6.10 Å². The third kappa shape index (κ3) is 2.69. The van der Waals surface area contributed by atoms with Crippen molar-refractivity contribution < 1.29 is 13.9 Å². The van der Waals surface area contributed by atoms with Gasteiger partial charge in [-0.25, -0.2) is 8.78 Å². The molecule has 2 aromatic carbocycles. The Morgan fingerprint density at radius 3 is 2.26 bits per heavy atom. The van der Waals surface area contributed by atoms with Gasteiger partial charge in [-0.05, 0) is 36.6 Å². The quantitative estimate of drug-likeness (QED) is 0.865. The number of benzene rings is 2. The Bertz CT molecular complexity index is 603. The Morgan fingerprint density at radius 2 is 1.68 bits per heavy atom. The molecular formula is C15H13BrF2O. The van der Waals surface area contributed by atoms with Crippen LogP contribution in [-0.2, 0) is 0 Å². The second-order valence-electron chi connectivity index (χ2n) is 4.51. The molecule has 1 unspecified atom stereocenters. The zero-order chi connectivity index (χ0) is 14.2. The zero-order valence-electron chi connectivity index (χ0n) is 10.5. The van der Waals surface area contributed by atoms with Crippen LogP contribution >= 0.6 is 15.9 Å². The molecular weight excluding hydrogens is 314 g/mol. The Morgan fingerprint density at radius 1 is 1.11 bits per heavy atom. The second-order valence-corrected chi connectivity index (χ2v) is 5.31. The van der Waals surface area contributed by atoms with Crippen molar-refractivity contribution >= 4 is 15.9 Å². The van der Waals surface area contributed by atoms with Gasteiger partial charge in [0, 0.05) is 10.0 Å². The van der Waals surface area contributed by atoms with Gasteiger partial charge in [0.25, 0.3) is 0 Å². The zero-order valence-corrected chi connectivity index (χ0v) is 12.1. The highest BCUT2D eigenvalue weighted by Crippen LogP contribution is 2.30. The van der Waals surface area contributed by atoms with E-state index in [1.807, 2.05) is 13.8 Å². The molecule has 0 spiro atoms. The summed E-state index contributed by atoms with van der Waals surface area (Å²) in [6, 6.07) is 7.31. The highest BCUT2D eigenvalue weighted by atomic mass is 79.9. The predicted octanol–water partition coefficient (Wildman–Crippen LogP) is 4.43. The molecule has 19 heavy (non-hydrogen) atoms. The Balaban J connectivity index is 2.50. The van der Waals surface area contributed by atoms with Crippen LogP contribution in [0, 0.1) is 25.5 Å². The molecule has 4 heteroatoms. The molecule has 1 N–H and O–H groups in total. The number of hydrogen-bond donors (Lipinski definition) is 1. The lowest BCUT2D eigenvalue weighted by atomic mass is 9.97. The van der Waals surface area contributed by atoms with E-state index in [0.717, 1.165) is 21.7 Å². The number of aliphatic hydroxyl groups excluding tert-OH is 1. The van der Waals surface area contributed by atoms with Crippen LogP contribution in [0.4, 0.5) is 8.78 Å². The van der Waals surface area contributed by atoms with E-state index in [4.69, 9.17) is 0 Å². The summed E-state index contributed by atoms with van der Waals surface area (Å²) in [5.74, 6) is -1.96. The molecule has 0 saturated carbocycles. The first-order chi connectivity index (χ1) is 8.91. The molecule has 2 rings (SSSR count). The predicted molar refractivity (Wildman–Crippen MR) is 74.0 cm³/mol. The number of rotatable bonds is 2. The first kappa shape index (κ1) is 14.2. The highest BCUT2D eigenvalue weighted by molar-refractivity contribution is 9.10. The van der Waals surface area contributed by atoms with Crippen molar-refractivity contribution in [3.8, 4) is 0 Å². The summed E-state index contributed by atoms with van der Waals surface area (Å²) in [7, 11) is 0. The summed E-state index contributed by atoms with van der Waals surface area (Å²) < 4.78 is 27.8. The van der Waals surface area contributed by atoms with Crippen LogP contribution in [0.1, 0.15) is 28.4 Å². The van der Waals surface area contributed by atoms with E-state index >= 15 is 0 Å². The Hall–Kier alpha value is -1.26. The van der Waals surface area contributed by atoms with E-state index in [2.05, 4.69) is 15.9 Å². The van der Waals surface area contributed by atoms with Gasteiger partial charge in [0.15, 0.2) is 11.6 Å². The fourth-order valence-corrected chi connectivity index (χ4v) is 2.28. The molecule has 100 valence electrons. The van der Waals surface area contributed by atoms with Gasteiger partial charge in [-0.1, -0.05) is 40.2 Å². The molecule has 0 radical (unpaired) electrons. The number of halogens is 3. The number of aliphatic hydroxyl groups is 1. The minimum Gasteiger partial charge on any atom is -0.384 e. The molecule has 0 saturated heterocycles. The van der Waals surface area contributed by atoms with Crippen molar-refractivity contribution in [2.75, 3.05) is 0 Å². The standard InChI is InChI=1S/C15H13BrF2O/c1-8-6-10(7-9(2)13(8)16)15(19)11-4-3-5-12(17)14(11)18/h3-7,15,19H,1-2H3. The van der Waals surface area contributed by atoms with E-state index in [9.17, 15) is 13.9 Å². The topological polar surface area (TPSA) is 20.2 Å². The molecule has 1 atom stereocenters. The van der Waals surface area contributed by atoms with Gasteiger partial charge in [0.2, 0.25) is 0 Å². The summed E-state index contributed by atoms with van der Waals surface area (Å²) in [5.41, 5.74) is 2.36. The third-order valence-electron chi connectivity index (χ3n) is 3.05. The van der Waals surface area contributed by atoms with Gasteiger partial charge in [-0.3, -0.25) is 0 Å². The van der Waals surface area contributed by atoms with Crippen LogP contribution in [0.5, 0.6) is 0 Å². The smallest absolute Gasteiger partial charge is 0.164 e. The highest BCUT2D eigenvalue weighted by Gasteiger charge is 2.18. The minimum atomic E-state index is -1.18. The molecule has 0 heterocycles. The monoisotopic (exact) mass is 326 g/mol. The fraction of sp³-hybridized carbons (Fsp3) is 0.200. The van der Waals surface area contributed by atoms with Crippen LogP contribution in [0.25, 0.3) is 0 Å². The van der Waals surface area contributed by atoms with Crippen molar-refractivity contribution in [1.82, 2.24) is 0 Å². The normalized spacial score (nSPS) is 12.5. The maximum absolute atomic E-state index is 13.7. The summed E-state index contributed by atoms with van der Waals surface area (Å²) >= 11 is 3.43. The van der Waals surface area contributed by atoms with E-state index in [-0.39, 0.29) is 5.56 Å². The largest absolute Gasteiger partial charge is 0.384 e. The lowest BCUT2D eigenvalue weighted by molar-refractivity contribution is 0.213. The van der Waals surface area contributed by atoms with Crippen LogP contribution in [0.3, 0.4) is 0 Å². The minimum absolute atomic E-state index is 0.0545. The van der Waals surface area contributed by atoms with Crippen LogP contribution < -0.4 is 0 Å². The van der Waals surface area contributed by atoms with E-state index in [1.165, 1.54) is 12.1 Å². The Labute approximate surface area is 119 Å². The second kappa shape index (κ2) is 5.39. The summed E-state index contributed by atoms with van der Waals surface area (Å²) in [5, 5.41) is 10.2. The average molecular weight is 327 g/mol. The van der Waals surface area contributed by atoms with Crippen molar-refractivity contribution in [3.63, 3.8) is 0 Å². The van der Waals surface area contributed by atoms with Crippen molar-refractivity contribution in [3.05, 3.63) is 68.7 Å². The molecule has 0 aliphatic carbocycles. The lowest BCUT2D eigenvalue weighted by Gasteiger charge is -2.15. The Kier molecular flexibility index (Phi) is 4.02. The van der Waals surface area contributed by atoms with E-state index in [1.54, 1.807) is 12.1 Å². The van der Waals surface area contributed by atoms with Gasteiger partial charge in [0.05, 0.1) is 0 Å². The molecule has 2 aromatic rings. The SMILES string of the molecule is Cc1cc(C(O)c2cccc(F)c2F)cc(C)c1Br. The number of hydrogen-bond acceptors (Lipinski definition) is 1. The van der Waals surface area contributed by atoms with E-state index < -0.39 is 17.7 Å². The van der Waals surface area contributed by atoms with E-state index in [0.29, 0.717) is 5.56 Å². The van der Waals surface area contributed by atoms with Gasteiger partial charge < -0.3 is 5.11 Å². The van der Waals surface area contributed by atoms with Crippen LogP contribution in [-0.4, -0.2) is 5.11 Å². The lowest BCUT2D eigenvalue weighted by Crippen LogP contribution is -2.05. The maximum atomic E-state index is 13.7. The molecule has 0 aromatic heterocycles. The molecule has 0 aliphatic heterocycles. The molecule has 0 amide bonds. The van der Waals surface area contributed by atoms with Crippen molar-refractivity contribution in [2.24, 2.45) is 0 Å². The first-order valence-electron chi connectivity index (χ1n) is 5.80. The fourth-order valence-electron chi connectivity index (χ4n) is 2.05. The van der Waals surface area contributed by atoms with Crippen molar-refractivity contribution in [1.29, 1.82) is 0 Å². The van der Waals surface area contributed by atoms with Crippen molar-refractivity contribution in [2.45, 2.75) is 20.0 Å². The first-order valence-corrected chi connectivity index (χ1v) is 6.59. The van der Waals surface area contributed by atoms with Crippen LogP contribution in [0.2, 0.25) is 0 Å². The van der Waals surface area contributed by atoms with Crippen LogP contribution in [0.15, 0.2) is 34.8 Å². The van der Waals surface area contributed by atoms with Gasteiger partial charge in [-0.15, -0.1) is 0 Å². The molecule has 0 aliphatic rings. The summed E-state index contributed by atoms with van der Waals surface area (Å²) in [4.78, 5) is 0. The molecule has 0 bridgehead atoms.